The van der Waals surface area contributed by atoms with E-state index in [1.807, 2.05) is 49.4 Å². The molecule has 4 nitrogen and oxygen atoms in total. The average Bonchev–Trinajstić information content (AvgIpc) is 2.51. The van der Waals surface area contributed by atoms with Crippen molar-refractivity contribution in [2.75, 3.05) is 12.3 Å². The maximum absolute atomic E-state index is 5.99. The van der Waals surface area contributed by atoms with Crippen LogP contribution in [-0.2, 0) is 0 Å². The van der Waals surface area contributed by atoms with Gasteiger partial charge < -0.3 is 15.2 Å². The summed E-state index contributed by atoms with van der Waals surface area (Å²) in [6.45, 7) is 2.49. The van der Waals surface area contributed by atoms with Crippen LogP contribution in [0.25, 0.3) is 10.8 Å². The number of hydrogen-bond donors (Lipinski definition) is 1. The van der Waals surface area contributed by atoms with Gasteiger partial charge in [0.05, 0.1) is 6.61 Å². The standard InChI is InChI=1S/C17H16N2O2/c1-2-20-16-8-5-9-17(19-16)21-15-11-10-14(18)12-6-3-4-7-13(12)15/h3-11H,2,18H2,1H3. The lowest BCUT2D eigenvalue weighted by molar-refractivity contribution is 0.321. The van der Waals surface area contributed by atoms with Crippen LogP contribution in [0.15, 0.2) is 54.6 Å². The Kier molecular flexibility index (Phi) is 3.60. The van der Waals surface area contributed by atoms with Gasteiger partial charge in [0.2, 0.25) is 11.8 Å². The zero-order valence-electron chi connectivity index (χ0n) is 11.7. The first kappa shape index (κ1) is 13.2. The van der Waals surface area contributed by atoms with Crippen LogP contribution in [0.5, 0.6) is 17.5 Å². The number of anilines is 1. The molecular weight excluding hydrogens is 264 g/mol. The van der Waals surface area contributed by atoms with Crippen LogP contribution in [0, 0.1) is 0 Å². The van der Waals surface area contributed by atoms with Crippen LogP contribution < -0.4 is 15.2 Å². The van der Waals surface area contributed by atoms with Crippen molar-refractivity contribution < 1.29 is 9.47 Å². The molecule has 0 aliphatic carbocycles. The first-order valence-electron chi connectivity index (χ1n) is 6.83. The van der Waals surface area contributed by atoms with Crippen LogP contribution in [0.2, 0.25) is 0 Å². The van der Waals surface area contributed by atoms with E-state index in [1.54, 1.807) is 12.1 Å². The molecule has 2 N–H and O–H groups in total. The van der Waals surface area contributed by atoms with Gasteiger partial charge in [-0.2, -0.15) is 4.98 Å². The van der Waals surface area contributed by atoms with Gasteiger partial charge in [-0.1, -0.05) is 30.3 Å². The van der Waals surface area contributed by atoms with Gasteiger partial charge in [0.1, 0.15) is 5.75 Å². The number of rotatable bonds is 4. The van der Waals surface area contributed by atoms with Crippen molar-refractivity contribution >= 4 is 16.5 Å². The summed E-state index contributed by atoms with van der Waals surface area (Å²) in [5.41, 5.74) is 6.72. The first-order chi connectivity index (χ1) is 10.3. The van der Waals surface area contributed by atoms with Gasteiger partial charge in [0.15, 0.2) is 0 Å². The molecule has 1 aromatic heterocycles. The second kappa shape index (κ2) is 5.71. The fraction of sp³-hybridized carbons (Fsp3) is 0.118. The van der Waals surface area contributed by atoms with Gasteiger partial charge in [-0.15, -0.1) is 0 Å². The number of fused-ring (bicyclic) bond motifs is 1. The van der Waals surface area contributed by atoms with Gasteiger partial charge in [-0.3, -0.25) is 0 Å². The van der Waals surface area contributed by atoms with Crippen molar-refractivity contribution in [3.05, 3.63) is 54.6 Å². The smallest absolute Gasteiger partial charge is 0.222 e. The number of hydrogen-bond acceptors (Lipinski definition) is 4. The summed E-state index contributed by atoms with van der Waals surface area (Å²) in [5, 5.41) is 1.93. The lowest BCUT2D eigenvalue weighted by Gasteiger charge is -2.10. The second-order valence-corrected chi connectivity index (χ2v) is 4.55. The Balaban J connectivity index is 1.98. The molecular formula is C17H16N2O2. The molecule has 21 heavy (non-hydrogen) atoms. The summed E-state index contributed by atoms with van der Waals surface area (Å²) in [5.74, 6) is 1.77. The molecule has 2 aromatic carbocycles. The van der Waals surface area contributed by atoms with Gasteiger partial charge in [0.25, 0.3) is 0 Å². The van der Waals surface area contributed by atoms with E-state index in [4.69, 9.17) is 15.2 Å². The average molecular weight is 280 g/mol. The van der Waals surface area contributed by atoms with Crippen molar-refractivity contribution in [3.63, 3.8) is 0 Å². The SMILES string of the molecule is CCOc1cccc(Oc2ccc(N)c3ccccc23)n1. The highest BCUT2D eigenvalue weighted by Crippen LogP contribution is 2.32. The largest absolute Gasteiger partial charge is 0.478 e. The number of nitrogens with two attached hydrogens (primary N) is 1. The zero-order valence-corrected chi connectivity index (χ0v) is 11.7. The van der Waals surface area contributed by atoms with E-state index in [-0.39, 0.29) is 0 Å². The fourth-order valence-corrected chi connectivity index (χ4v) is 2.18. The lowest BCUT2D eigenvalue weighted by atomic mass is 10.1. The molecule has 1 heterocycles. The Morgan fingerprint density at radius 2 is 1.67 bits per heavy atom. The van der Waals surface area contributed by atoms with Crippen LogP contribution in [0.3, 0.4) is 0 Å². The lowest BCUT2D eigenvalue weighted by Crippen LogP contribution is -1.96. The van der Waals surface area contributed by atoms with Crippen molar-refractivity contribution in [1.29, 1.82) is 0 Å². The van der Waals surface area contributed by atoms with Crippen molar-refractivity contribution in [1.82, 2.24) is 4.98 Å². The van der Waals surface area contributed by atoms with E-state index in [9.17, 15) is 0 Å². The molecule has 0 saturated carbocycles. The quantitative estimate of drug-likeness (QED) is 0.734. The summed E-state index contributed by atoms with van der Waals surface area (Å²) in [4.78, 5) is 4.31. The third-order valence-electron chi connectivity index (χ3n) is 3.12. The molecule has 0 atom stereocenters. The Bertz CT molecular complexity index is 772. The molecule has 3 aromatic rings. The molecule has 0 spiro atoms. The molecule has 4 heteroatoms. The molecule has 0 aliphatic rings. The number of nitrogen functional groups attached to an aromatic ring is 1. The zero-order chi connectivity index (χ0) is 14.7. The minimum Gasteiger partial charge on any atom is -0.478 e. The van der Waals surface area contributed by atoms with Gasteiger partial charge >= 0.3 is 0 Å². The number of benzene rings is 2. The van der Waals surface area contributed by atoms with Crippen molar-refractivity contribution in [2.24, 2.45) is 0 Å². The molecule has 0 radical (unpaired) electrons. The van der Waals surface area contributed by atoms with E-state index >= 15 is 0 Å². The third-order valence-corrected chi connectivity index (χ3v) is 3.12. The predicted molar refractivity (Wildman–Crippen MR) is 83.8 cm³/mol. The predicted octanol–water partition coefficient (Wildman–Crippen LogP) is 4.01. The molecule has 0 aliphatic heterocycles. The van der Waals surface area contributed by atoms with Crippen molar-refractivity contribution in [3.8, 4) is 17.5 Å². The molecule has 0 amide bonds. The normalized spacial score (nSPS) is 10.5. The fourth-order valence-electron chi connectivity index (χ4n) is 2.18. The molecule has 106 valence electrons. The van der Waals surface area contributed by atoms with E-state index in [2.05, 4.69) is 4.98 Å². The molecule has 3 rings (SSSR count). The molecule has 0 unspecified atom stereocenters. The van der Waals surface area contributed by atoms with Gasteiger partial charge in [0, 0.05) is 28.6 Å². The summed E-state index contributed by atoms with van der Waals surface area (Å²) < 4.78 is 11.3. The highest BCUT2D eigenvalue weighted by atomic mass is 16.5. The van der Waals surface area contributed by atoms with Crippen LogP contribution in [0.1, 0.15) is 6.92 Å². The van der Waals surface area contributed by atoms with Crippen molar-refractivity contribution in [2.45, 2.75) is 6.92 Å². The van der Waals surface area contributed by atoms with Crippen LogP contribution in [-0.4, -0.2) is 11.6 Å². The van der Waals surface area contributed by atoms with E-state index in [0.717, 1.165) is 22.2 Å². The number of pyridine rings is 1. The summed E-state index contributed by atoms with van der Waals surface area (Å²) in [6.07, 6.45) is 0. The summed E-state index contributed by atoms with van der Waals surface area (Å²) in [7, 11) is 0. The second-order valence-electron chi connectivity index (χ2n) is 4.55. The third kappa shape index (κ3) is 2.74. The van der Waals surface area contributed by atoms with Crippen LogP contribution >= 0.6 is 0 Å². The molecule has 0 fully saturated rings. The number of nitrogens with zero attached hydrogens (tertiary/aromatic N) is 1. The van der Waals surface area contributed by atoms with Gasteiger partial charge in [-0.25, -0.2) is 0 Å². The summed E-state index contributed by atoms with van der Waals surface area (Å²) >= 11 is 0. The van der Waals surface area contributed by atoms with Gasteiger partial charge in [-0.05, 0) is 19.1 Å². The number of aromatic nitrogens is 1. The topological polar surface area (TPSA) is 57.4 Å². The molecule has 0 bridgehead atoms. The minimum absolute atomic E-state index is 0.496. The summed E-state index contributed by atoms with van der Waals surface area (Å²) in [6, 6.07) is 17.0. The monoisotopic (exact) mass is 280 g/mol. The Labute approximate surface area is 123 Å². The molecule has 0 saturated heterocycles. The Morgan fingerprint density at radius 1 is 0.905 bits per heavy atom. The Hall–Kier alpha value is -2.75. The van der Waals surface area contributed by atoms with Crippen LogP contribution in [0.4, 0.5) is 5.69 Å². The highest BCUT2D eigenvalue weighted by Gasteiger charge is 2.07. The first-order valence-corrected chi connectivity index (χ1v) is 6.83. The Morgan fingerprint density at radius 3 is 2.48 bits per heavy atom. The number of ether oxygens (including phenoxy) is 2. The van der Waals surface area contributed by atoms with E-state index < -0.39 is 0 Å². The minimum atomic E-state index is 0.496. The van der Waals surface area contributed by atoms with E-state index in [0.29, 0.717) is 18.4 Å². The van der Waals surface area contributed by atoms with E-state index in [1.165, 1.54) is 0 Å². The maximum atomic E-state index is 5.99. The highest BCUT2D eigenvalue weighted by molar-refractivity contribution is 5.97. The maximum Gasteiger partial charge on any atom is 0.222 e.